The largest absolute Gasteiger partial charge is 0.497 e. The van der Waals surface area contributed by atoms with Crippen molar-refractivity contribution in [2.24, 2.45) is 0 Å². The third kappa shape index (κ3) is 4.14. The van der Waals surface area contributed by atoms with Gasteiger partial charge in [-0.25, -0.2) is 0 Å². The van der Waals surface area contributed by atoms with Crippen molar-refractivity contribution in [1.29, 1.82) is 0 Å². The van der Waals surface area contributed by atoms with Crippen molar-refractivity contribution < 1.29 is 14.3 Å². The number of carbonyl (C=O) groups is 1. The molecule has 1 aliphatic heterocycles. The normalized spacial score (nSPS) is 16.5. The predicted molar refractivity (Wildman–Crippen MR) is 94.8 cm³/mol. The highest BCUT2D eigenvalue weighted by Crippen LogP contribution is 2.25. The van der Waals surface area contributed by atoms with Crippen LogP contribution in [0, 0.1) is 0 Å². The van der Waals surface area contributed by atoms with Gasteiger partial charge in [0.15, 0.2) is 0 Å². The number of methoxy groups -OCH3 is 1. The van der Waals surface area contributed by atoms with Gasteiger partial charge in [-0.1, -0.05) is 12.1 Å². The Bertz CT molecular complexity index is 654. The van der Waals surface area contributed by atoms with E-state index >= 15 is 0 Å². The van der Waals surface area contributed by atoms with Gasteiger partial charge in [-0.15, -0.1) is 11.3 Å². The lowest BCUT2D eigenvalue weighted by atomic mass is 10.1. The number of ether oxygens (including phenoxy) is 2. The van der Waals surface area contributed by atoms with Crippen LogP contribution >= 0.6 is 11.3 Å². The molecule has 128 valence electrons. The van der Waals surface area contributed by atoms with E-state index in [9.17, 15) is 4.79 Å². The molecule has 1 amide bonds. The van der Waals surface area contributed by atoms with E-state index in [-0.39, 0.29) is 11.9 Å². The third-order valence-corrected chi connectivity index (χ3v) is 5.12. The Labute approximate surface area is 146 Å². The van der Waals surface area contributed by atoms with Crippen LogP contribution in [0.2, 0.25) is 0 Å². The number of rotatable bonds is 6. The Morgan fingerprint density at radius 3 is 2.88 bits per heavy atom. The number of nitrogens with one attached hydrogen (secondary N) is 1. The lowest BCUT2D eigenvalue weighted by molar-refractivity contribution is 0.0169. The predicted octanol–water partition coefficient (Wildman–Crippen LogP) is 2.56. The second-order valence-electron chi connectivity index (χ2n) is 5.62. The summed E-state index contributed by atoms with van der Waals surface area (Å²) in [5, 5.41) is 5.14. The second-order valence-corrected chi connectivity index (χ2v) is 6.60. The molecule has 1 atom stereocenters. The zero-order chi connectivity index (χ0) is 16.8. The van der Waals surface area contributed by atoms with E-state index in [0.29, 0.717) is 17.9 Å². The Morgan fingerprint density at radius 1 is 1.33 bits per heavy atom. The van der Waals surface area contributed by atoms with Gasteiger partial charge >= 0.3 is 0 Å². The molecule has 24 heavy (non-hydrogen) atoms. The van der Waals surface area contributed by atoms with Crippen LogP contribution in [0.5, 0.6) is 5.75 Å². The molecule has 1 fully saturated rings. The fraction of sp³-hybridized carbons (Fsp3) is 0.389. The fourth-order valence-electron chi connectivity index (χ4n) is 2.84. The van der Waals surface area contributed by atoms with Crippen molar-refractivity contribution in [1.82, 2.24) is 10.2 Å². The Morgan fingerprint density at radius 2 is 2.17 bits per heavy atom. The van der Waals surface area contributed by atoms with E-state index in [1.54, 1.807) is 30.6 Å². The number of thiophene rings is 1. The van der Waals surface area contributed by atoms with E-state index in [1.165, 1.54) is 4.88 Å². The summed E-state index contributed by atoms with van der Waals surface area (Å²) in [6.45, 7) is 3.84. The number of nitrogens with zero attached hydrogens (tertiary/aromatic N) is 1. The topological polar surface area (TPSA) is 50.8 Å². The quantitative estimate of drug-likeness (QED) is 0.873. The lowest BCUT2D eigenvalue weighted by Gasteiger charge is -2.34. The minimum absolute atomic E-state index is 0.0799. The maximum Gasteiger partial charge on any atom is 0.251 e. The molecule has 1 aliphatic rings. The molecule has 1 aromatic carbocycles. The van der Waals surface area contributed by atoms with E-state index in [0.717, 1.165) is 26.3 Å². The van der Waals surface area contributed by atoms with Gasteiger partial charge in [-0.2, -0.15) is 0 Å². The van der Waals surface area contributed by atoms with Gasteiger partial charge in [0, 0.05) is 30.1 Å². The number of benzene rings is 1. The van der Waals surface area contributed by atoms with Crippen LogP contribution in [-0.2, 0) is 4.74 Å². The highest BCUT2D eigenvalue weighted by molar-refractivity contribution is 7.10. The Hall–Kier alpha value is -1.89. The monoisotopic (exact) mass is 346 g/mol. The van der Waals surface area contributed by atoms with Gasteiger partial charge < -0.3 is 14.8 Å². The first-order valence-electron chi connectivity index (χ1n) is 8.05. The standard InChI is InChI=1S/C18H22N2O3S/c1-22-15-5-2-4-14(12-15)18(21)19-13-16(17-6-3-11-24-17)20-7-9-23-10-8-20/h2-6,11-12,16H,7-10,13H2,1H3,(H,19,21)/t16-/m1/s1. The van der Waals surface area contributed by atoms with Crippen molar-refractivity contribution >= 4 is 17.2 Å². The molecule has 0 aliphatic carbocycles. The van der Waals surface area contributed by atoms with Crippen LogP contribution in [0.3, 0.4) is 0 Å². The highest BCUT2D eigenvalue weighted by atomic mass is 32.1. The van der Waals surface area contributed by atoms with Crippen LogP contribution < -0.4 is 10.1 Å². The minimum Gasteiger partial charge on any atom is -0.497 e. The van der Waals surface area contributed by atoms with E-state index in [4.69, 9.17) is 9.47 Å². The van der Waals surface area contributed by atoms with Crippen LogP contribution in [0.25, 0.3) is 0 Å². The second kappa shape index (κ2) is 8.28. The van der Waals surface area contributed by atoms with Gasteiger partial charge in [0.05, 0.1) is 26.4 Å². The molecule has 0 unspecified atom stereocenters. The lowest BCUT2D eigenvalue weighted by Crippen LogP contribution is -2.43. The van der Waals surface area contributed by atoms with Gasteiger partial charge in [-0.3, -0.25) is 9.69 Å². The van der Waals surface area contributed by atoms with Gasteiger partial charge in [0.2, 0.25) is 0 Å². The zero-order valence-electron chi connectivity index (χ0n) is 13.7. The summed E-state index contributed by atoms with van der Waals surface area (Å²) in [6.07, 6.45) is 0. The molecular formula is C18H22N2O3S. The molecule has 1 N–H and O–H groups in total. The molecule has 0 saturated carbocycles. The smallest absolute Gasteiger partial charge is 0.251 e. The molecule has 6 heteroatoms. The third-order valence-electron chi connectivity index (χ3n) is 4.15. The Kier molecular flexibility index (Phi) is 5.85. The fourth-order valence-corrected chi connectivity index (χ4v) is 3.70. The summed E-state index contributed by atoms with van der Waals surface area (Å²) in [5.41, 5.74) is 0.612. The molecule has 3 rings (SSSR count). The number of hydrogen-bond donors (Lipinski definition) is 1. The molecule has 5 nitrogen and oxygen atoms in total. The summed E-state index contributed by atoms with van der Waals surface area (Å²) in [5.74, 6) is 0.606. The van der Waals surface area contributed by atoms with Crippen LogP contribution in [0.1, 0.15) is 21.3 Å². The van der Waals surface area contributed by atoms with E-state index < -0.39 is 0 Å². The highest BCUT2D eigenvalue weighted by Gasteiger charge is 2.24. The van der Waals surface area contributed by atoms with Gasteiger partial charge in [0.1, 0.15) is 5.75 Å². The maximum atomic E-state index is 12.5. The first-order valence-corrected chi connectivity index (χ1v) is 8.93. The Balaban J connectivity index is 1.67. The molecule has 0 radical (unpaired) electrons. The average Bonchev–Trinajstić information content (AvgIpc) is 3.17. The minimum atomic E-state index is -0.0799. The van der Waals surface area contributed by atoms with Crippen LogP contribution in [-0.4, -0.2) is 50.8 Å². The summed E-state index contributed by atoms with van der Waals surface area (Å²) in [4.78, 5) is 16.1. The van der Waals surface area contributed by atoms with Gasteiger partial charge in [0.25, 0.3) is 5.91 Å². The van der Waals surface area contributed by atoms with Crippen molar-refractivity contribution in [3.8, 4) is 5.75 Å². The van der Waals surface area contributed by atoms with Crippen molar-refractivity contribution in [2.75, 3.05) is 40.0 Å². The first-order chi connectivity index (χ1) is 11.8. The summed E-state index contributed by atoms with van der Waals surface area (Å²) < 4.78 is 10.6. The number of hydrogen-bond acceptors (Lipinski definition) is 5. The molecule has 0 bridgehead atoms. The van der Waals surface area contributed by atoms with Crippen molar-refractivity contribution in [2.45, 2.75) is 6.04 Å². The summed E-state index contributed by atoms with van der Waals surface area (Å²) in [6, 6.07) is 11.6. The molecule has 1 aromatic heterocycles. The number of carbonyl (C=O) groups excluding carboxylic acids is 1. The van der Waals surface area contributed by atoms with Crippen LogP contribution in [0.4, 0.5) is 0 Å². The van der Waals surface area contributed by atoms with Crippen LogP contribution in [0.15, 0.2) is 41.8 Å². The van der Waals surface area contributed by atoms with E-state index in [1.807, 2.05) is 12.1 Å². The van der Waals surface area contributed by atoms with Crippen molar-refractivity contribution in [3.63, 3.8) is 0 Å². The maximum absolute atomic E-state index is 12.5. The van der Waals surface area contributed by atoms with Crippen molar-refractivity contribution in [3.05, 3.63) is 52.2 Å². The van der Waals surface area contributed by atoms with E-state index in [2.05, 4.69) is 27.7 Å². The molecule has 0 spiro atoms. The summed E-state index contributed by atoms with van der Waals surface area (Å²) in [7, 11) is 1.60. The van der Waals surface area contributed by atoms with Gasteiger partial charge in [-0.05, 0) is 29.6 Å². The molecule has 2 heterocycles. The average molecular weight is 346 g/mol. The molecule has 1 saturated heterocycles. The number of amides is 1. The SMILES string of the molecule is COc1cccc(C(=O)NC[C@H](c2cccs2)N2CCOCC2)c1. The zero-order valence-corrected chi connectivity index (χ0v) is 14.6. The first kappa shape index (κ1) is 17.0. The summed E-state index contributed by atoms with van der Waals surface area (Å²) >= 11 is 1.72. The number of morpholine rings is 1. The molecular weight excluding hydrogens is 324 g/mol. The molecule has 2 aromatic rings.